The van der Waals surface area contributed by atoms with Crippen LogP contribution in [0.25, 0.3) is 0 Å². The van der Waals surface area contributed by atoms with Crippen LogP contribution in [0.5, 0.6) is 17.2 Å². The first kappa shape index (κ1) is 18.4. The normalized spacial score (nSPS) is 9.84. The Morgan fingerprint density at radius 2 is 1.92 bits per heavy atom. The maximum absolute atomic E-state index is 12.1. The molecule has 0 atom stereocenters. The summed E-state index contributed by atoms with van der Waals surface area (Å²) in [5.41, 5.74) is 0.900. The summed E-state index contributed by atoms with van der Waals surface area (Å²) in [5, 5.41) is 12.1. The van der Waals surface area contributed by atoms with E-state index in [0.717, 1.165) is 0 Å². The van der Waals surface area contributed by atoms with Crippen molar-refractivity contribution in [3.63, 3.8) is 0 Å². The highest BCUT2D eigenvalue weighted by Gasteiger charge is 2.12. The van der Waals surface area contributed by atoms with E-state index < -0.39 is 0 Å². The van der Waals surface area contributed by atoms with Gasteiger partial charge in [0.15, 0.2) is 18.1 Å². The van der Waals surface area contributed by atoms with E-state index in [2.05, 4.69) is 5.32 Å². The van der Waals surface area contributed by atoms with Crippen LogP contribution in [0.3, 0.4) is 0 Å². The zero-order valence-electron chi connectivity index (χ0n) is 13.8. The van der Waals surface area contributed by atoms with Gasteiger partial charge in [0.05, 0.1) is 31.0 Å². The molecule has 0 fully saturated rings. The molecule has 2 aromatic carbocycles. The lowest BCUT2D eigenvalue weighted by Crippen LogP contribution is -2.20. The smallest absolute Gasteiger partial charge is 0.262 e. The van der Waals surface area contributed by atoms with Crippen molar-refractivity contribution in [2.45, 2.75) is 6.92 Å². The average molecular weight is 361 g/mol. The van der Waals surface area contributed by atoms with Crippen molar-refractivity contribution in [1.29, 1.82) is 5.26 Å². The van der Waals surface area contributed by atoms with Crippen LogP contribution in [-0.2, 0) is 4.79 Å². The van der Waals surface area contributed by atoms with Gasteiger partial charge in [0, 0.05) is 11.1 Å². The number of hydrogen-bond acceptors (Lipinski definition) is 5. The number of nitriles is 1. The molecule has 0 saturated heterocycles. The standard InChI is InChI=1S/C18H17ClN2O4/c1-3-24-17-8-12(10-20)4-6-16(17)25-11-18(22)21-14-9-13(19)5-7-15(14)23-2/h4-9H,3,11H2,1-2H3,(H,21,22). The van der Waals surface area contributed by atoms with Crippen molar-refractivity contribution < 1.29 is 19.0 Å². The Hall–Kier alpha value is -2.91. The van der Waals surface area contributed by atoms with E-state index in [0.29, 0.717) is 40.1 Å². The van der Waals surface area contributed by atoms with E-state index in [9.17, 15) is 4.79 Å². The fourth-order valence-corrected chi connectivity index (χ4v) is 2.24. The number of carbonyl (C=O) groups is 1. The molecule has 2 rings (SSSR count). The molecular formula is C18H17ClN2O4. The second-order valence-electron chi connectivity index (χ2n) is 4.89. The van der Waals surface area contributed by atoms with Crippen LogP contribution < -0.4 is 19.5 Å². The zero-order chi connectivity index (χ0) is 18.2. The fourth-order valence-electron chi connectivity index (χ4n) is 2.07. The number of ether oxygens (including phenoxy) is 3. The number of anilines is 1. The van der Waals surface area contributed by atoms with Gasteiger partial charge in [-0.2, -0.15) is 5.26 Å². The van der Waals surface area contributed by atoms with E-state index >= 15 is 0 Å². The number of nitrogens with one attached hydrogen (secondary N) is 1. The molecule has 0 heterocycles. The van der Waals surface area contributed by atoms with Gasteiger partial charge in [-0.25, -0.2) is 0 Å². The number of carbonyl (C=O) groups excluding carboxylic acids is 1. The van der Waals surface area contributed by atoms with Gasteiger partial charge in [-0.1, -0.05) is 11.6 Å². The van der Waals surface area contributed by atoms with Crippen LogP contribution in [0.1, 0.15) is 12.5 Å². The first-order chi connectivity index (χ1) is 12.1. The molecule has 0 aromatic heterocycles. The average Bonchev–Trinajstić information content (AvgIpc) is 2.61. The van der Waals surface area contributed by atoms with Crippen molar-refractivity contribution in [2.24, 2.45) is 0 Å². The summed E-state index contributed by atoms with van der Waals surface area (Å²) in [6.45, 7) is 2.00. The molecule has 0 aliphatic rings. The van der Waals surface area contributed by atoms with Crippen molar-refractivity contribution in [2.75, 3.05) is 25.6 Å². The third-order valence-electron chi connectivity index (χ3n) is 3.17. The Morgan fingerprint density at radius 3 is 2.60 bits per heavy atom. The summed E-state index contributed by atoms with van der Waals surface area (Å²) in [7, 11) is 1.50. The molecule has 0 bridgehead atoms. The number of amides is 1. The van der Waals surface area contributed by atoms with E-state index in [1.165, 1.54) is 7.11 Å². The molecule has 0 unspecified atom stereocenters. The maximum atomic E-state index is 12.1. The topological polar surface area (TPSA) is 80.6 Å². The predicted molar refractivity (Wildman–Crippen MR) is 94.5 cm³/mol. The predicted octanol–water partition coefficient (Wildman–Crippen LogP) is 3.64. The van der Waals surface area contributed by atoms with Gasteiger partial charge in [-0.3, -0.25) is 4.79 Å². The monoisotopic (exact) mass is 360 g/mol. The van der Waals surface area contributed by atoms with Crippen molar-refractivity contribution in [1.82, 2.24) is 0 Å². The van der Waals surface area contributed by atoms with Crippen LogP contribution in [0.15, 0.2) is 36.4 Å². The third kappa shape index (κ3) is 5.03. The van der Waals surface area contributed by atoms with Gasteiger partial charge < -0.3 is 19.5 Å². The van der Waals surface area contributed by atoms with Crippen LogP contribution in [0.2, 0.25) is 5.02 Å². The molecule has 0 radical (unpaired) electrons. The second kappa shape index (κ2) is 8.81. The summed E-state index contributed by atoms with van der Waals surface area (Å²) >= 11 is 5.93. The van der Waals surface area contributed by atoms with Gasteiger partial charge in [-0.15, -0.1) is 0 Å². The van der Waals surface area contributed by atoms with E-state index in [-0.39, 0.29) is 12.5 Å². The lowest BCUT2D eigenvalue weighted by atomic mass is 10.2. The zero-order valence-corrected chi connectivity index (χ0v) is 14.6. The molecule has 0 aliphatic heterocycles. The largest absolute Gasteiger partial charge is 0.495 e. The SMILES string of the molecule is CCOc1cc(C#N)ccc1OCC(=O)Nc1cc(Cl)ccc1OC. The highest BCUT2D eigenvalue weighted by molar-refractivity contribution is 6.31. The number of rotatable bonds is 7. The van der Waals surface area contributed by atoms with Gasteiger partial charge in [0.2, 0.25) is 0 Å². The van der Waals surface area contributed by atoms with E-state index in [1.807, 2.05) is 13.0 Å². The third-order valence-corrected chi connectivity index (χ3v) is 3.40. The first-order valence-electron chi connectivity index (χ1n) is 7.50. The summed E-state index contributed by atoms with van der Waals surface area (Å²) in [4.78, 5) is 12.1. The summed E-state index contributed by atoms with van der Waals surface area (Å²) in [6, 6.07) is 11.7. The van der Waals surface area contributed by atoms with Gasteiger partial charge in [0.1, 0.15) is 5.75 Å². The van der Waals surface area contributed by atoms with E-state index in [1.54, 1.807) is 36.4 Å². The van der Waals surface area contributed by atoms with Crippen LogP contribution >= 0.6 is 11.6 Å². The molecule has 0 spiro atoms. The molecule has 130 valence electrons. The van der Waals surface area contributed by atoms with Crippen molar-refractivity contribution >= 4 is 23.2 Å². The second-order valence-corrected chi connectivity index (χ2v) is 5.32. The summed E-state index contributed by atoms with van der Waals surface area (Å²) < 4.78 is 16.1. The van der Waals surface area contributed by atoms with Crippen LogP contribution in [0, 0.1) is 11.3 Å². The molecule has 0 saturated carbocycles. The number of methoxy groups -OCH3 is 1. The molecule has 2 aromatic rings. The quantitative estimate of drug-likeness (QED) is 0.815. The Bertz CT molecular complexity index is 802. The number of nitrogens with zero attached hydrogens (tertiary/aromatic N) is 1. The Kier molecular flexibility index (Phi) is 6.49. The summed E-state index contributed by atoms with van der Waals surface area (Å²) in [6.07, 6.45) is 0. The molecule has 6 nitrogen and oxygen atoms in total. The van der Waals surface area contributed by atoms with Gasteiger partial charge in [-0.05, 0) is 37.3 Å². The van der Waals surface area contributed by atoms with Gasteiger partial charge in [0.25, 0.3) is 5.91 Å². The highest BCUT2D eigenvalue weighted by atomic mass is 35.5. The maximum Gasteiger partial charge on any atom is 0.262 e. The lowest BCUT2D eigenvalue weighted by Gasteiger charge is -2.13. The van der Waals surface area contributed by atoms with Crippen LogP contribution in [0.4, 0.5) is 5.69 Å². The minimum absolute atomic E-state index is 0.234. The molecule has 1 amide bonds. The Labute approximate surface area is 150 Å². The van der Waals surface area contributed by atoms with E-state index in [4.69, 9.17) is 31.1 Å². The summed E-state index contributed by atoms with van der Waals surface area (Å²) in [5.74, 6) is 0.905. The minimum Gasteiger partial charge on any atom is -0.495 e. The number of hydrogen-bond donors (Lipinski definition) is 1. The lowest BCUT2D eigenvalue weighted by molar-refractivity contribution is -0.118. The Balaban J connectivity index is 2.05. The number of benzene rings is 2. The highest BCUT2D eigenvalue weighted by Crippen LogP contribution is 2.29. The Morgan fingerprint density at radius 1 is 1.16 bits per heavy atom. The molecule has 25 heavy (non-hydrogen) atoms. The first-order valence-corrected chi connectivity index (χ1v) is 7.88. The minimum atomic E-state index is -0.382. The molecule has 7 heteroatoms. The number of halogens is 1. The molecule has 1 N–H and O–H groups in total. The molecule has 0 aliphatic carbocycles. The van der Waals surface area contributed by atoms with Crippen molar-refractivity contribution in [3.8, 4) is 23.3 Å². The molecular weight excluding hydrogens is 344 g/mol. The van der Waals surface area contributed by atoms with Gasteiger partial charge >= 0.3 is 0 Å². The fraction of sp³-hybridized carbons (Fsp3) is 0.222. The van der Waals surface area contributed by atoms with Crippen LogP contribution in [-0.4, -0.2) is 26.2 Å². The van der Waals surface area contributed by atoms with Crippen molar-refractivity contribution in [3.05, 3.63) is 47.0 Å².